The Morgan fingerprint density at radius 1 is 1.41 bits per heavy atom. The molecule has 0 unspecified atom stereocenters. The van der Waals surface area contributed by atoms with Crippen molar-refractivity contribution in [2.45, 2.75) is 13.0 Å². The number of nitrogens with zero attached hydrogens (tertiary/aromatic N) is 3. The topological polar surface area (TPSA) is 92.3 Å². The minimum absolute atomic E-state index is 0.311. The second-order valence-corrected chi connectivity index (χ2v) is 7.97. The molecule has 2 aromatic rings. The smallest absolute Gasteiger partial charge is 0.276 e. The van der Waals surface area contributed by atoms with Gasteiger partial charge in [-0.3, -0.25) is 15.1 Å². The number of amides is 1. The SMILES string of the molecule is CS(=O)(=O)N1CCc2nc(NC(=O)c3ccccn3)sc2C1. The predicted molar refractivity (Wildman–Crippen MR) is 83.3 cm³/mol. The molecular weight excluding hydrogens is 324 g/mol. The summed E-state index contributed by atoms with van der Waals surface area (Å²) in [5, 5.41) is 3.18. The van der Waals surface area contributed by atoms with E-state index in [1.807, 2.05) is 0 Å². The second-order valence-electron chi connectivity index (χ2n) is 4.90. The van der Waals surface area contributed by atoms with Crippen LogP contribution in [-0.4, -0.2) is 41.4 Å². The van der Waals surface area contributed by atoms with Crippen LogP contribution in [0.25, 0.3) is 0 Å². The van der Waals surface area contributed by atoms with Crippen molar-refractivity contribution in [1.29, 1.82) is 0 Å². The van der Waals surface area contributed by atoms with Crippen molar-refractivity contribution in [3.05, 3.63) is 40.7 Å². The van der Waals surface area contributed by atoms with E-state index in [2.05, 4.69) is 15.3 Å². The Hall–Kier alpha value is -1.84. The molecule has 0 radical (unpaired) electrons. The van der Waals surface area contributed by atoms with Gasteiger partial charge in [-0.25, -0.2) is 13.4 Å². The molecule has 116 valence electrons. The van der Waals surface area contributed by atoms with E-state index in [1.54, 1.807) is 24.4 Å². The molecular formula is C13H14N4O3S2. The van der Waals surface area contributed by atoms with Crippen LogP contribution < -0.4 is 5.32 Å². The quantitative estimate of drug-likeness (QED) is 0.905. The van der Waals surface area contributed by atoms with Crippen LogP contribution in [0.1, 0.15) is 21.1 Å². The van der Waals surface area contributed by atoms with Gasteiger partial charge in [0.25, 0.3) is 5.91 Å². The number of rotatable bonds is 3. The minimum Gasteiger partial charge on any atom is -0.296 e. The number of hydrogen-bond acceptors (Lipinski definition) is 6. The number of nitrogens with one attached hydrogen (secondary N) is 1. The molecule has 0 aromatic carbocycles. The van der Waals surface area contributed by atoms with Crippen LogP contribution in [-0.2, 0) is 23.0 Å². The summed E-state index contributed by atoms with van der Waals surface area (Å²) in [5.41, 5.74) is 1.16. The number of carbonyl (C=O) groups excluding carboxylic acids is 1. The summed E-state index contributed by atoms with van der Waals surface area (Å²) in [5.74, 6) is -0.327. The first-order chi connectivity index (χ1) is 10.4. The van der Waals surface area contributed by atoms with Gasteiger partial charge in [0.15, 0.2) is 5.13 Å². The van der Waals surface area contributed by atoms with Crippen LogP contribution in [0.3, 0.4) is 0 Å². The Bertz CT molecular complexity index is 802. The lowest BCUT2D eigenvalue weighted by atomic mass is 10.2. The van der Waals surface area contributed by atoms with Crippen LogP contribution in [0.5, 0.6) is 0 Å². The van der Waals surface area contributed by atoms with Crippen molar-refractivity contribution < 1.29 is 13.2 Å². The molecule has 0 atom stereocenters. The highest BCUT2D eigenvalue weighted by molar-refractivity contribution is 7.88. The van der Waals surface area contributed by atoms with E-state index >= 15 is 0 Å². The summed E-state index contributed by atoms with van der Waals surface area (Å²) in [6, 6.07) is 5.09. The van der Waals surface area contributed by atoms with Gasteiger partial charge in [-0.1, -0.05) is 6.07 Å². The monoisotopic (exact) mass is 338 g/mol. The van der Waals surface area contributed by atoms with Crippen LogP contribution in [0, 0.1) is 0 Å². The normalized spacial score (nSPS) is 15.3. The van der Waals surface area contributed by atoms with Crippen molar-refractivity contribution in [2.24, 2.45) is 0 Å². The zero-order valence-corrected chi connectivity index (χ0v) is 13.4. The fraction of sp³-hybridized carbons (Fsp3) is 0.308. The van der Waals surface area contributed by atoms with Gasteiger partial charge in [-0.15, -0.1) is 11.3 Å². The maximum Gasteiger partial charge on any atom is 0.276 e. The van der Waals surface area contributed by atoms with Gasteiger partial charge >= 0.3 is 0 Å². The van der Waals surface area contributed by atoms with Crippen molar-refractivity contribution in [3.63, 3.8) is 0 Å². The fourth-order valence-corrected chi connectivity index (χ4v) is 4.05. The Labute approximate surface area is 132 Å². The third-order valence-corrected chi connectivity index (χ3v) is 5.53. The maximum atomic E-state index is 12.0. The Morgan fingerprint density at radius 2 is 2.23 bits per heavy atom. The lowest BCUT2D eigenvalue weighted by molar-refractivity contribution is 0.102. The van der Waals surface area contributed by atoms with Gasteiger partial charge in [0.2, 0.25) is 10.0 Å². The molecule has 3 heterocycles. The second kappa shape index (κ2) is 5.75. The largest absolute Gasteiger partial charge is 0.296 e. The van der Waals surface area contributed by atoms with E-state index < -0.39 is 10.0 Å². The van der Waals surface area contributed by atoms with Crippen molar-refractivity contribution in [3.8, 4) is 0 Å². The Balaban J connectivity index is 1.76. The van der Waals surface area contributed by atoms with E-state index in [0.717, 1.165) is 10.6 Å². The first-order valence-corrected chi connectivity index (χ1v) is 9.26. The number of pyridine rings is 1. The van der Waals surface area contributed by atoms with Crippen molar-refractivity contribution >= 4 is 32.4 Å². The van der Waals surface area contributed by atoms with Crippen LogP contribution in [0.15, 0.2) is 24.4 Å². The standard InChI is InChI=1S/C13H14N4O3S2/c1-22(19,20)17-7-5-9-11(8-17)21-13(15-9)16-12(18)10-4-2-3-6-14-10/h2-4,6H,5,7-8H2,1H3,(H,15,16,18). The number of aromatic nitrogens is 2. The van der Waals surface area contributed by atoms with Crippen molar-refractivity contribution in [1.82, 2.24) is 14.3 Å². The highest BCUT2D eigenvalue weighted by Gasteiger charge is 2.26. The molecule has 2 aromatic heterocycles. The van der Waals surface area contributed by atoms with Crippen LogP contribution in [0.2, 0.25) is 0 Å². The summed E-state index contributed by atoms with van der Waals surface area (Å²) in [4.78, 5) is 21.3. The third-order valence-electron chi connectivity index (χ3n) is 3.28. The molecule has 9 heteroatoms. The minimum atomic E-state index is -3.21. The van der Waals surface area contributed by atoms with E-state index in [-0.39, 0.29) is 5.91 Å². The van der Waals surface area contributed by atoms with Gasteiger partial charge < -0.3 is 0 Å². The van der Waals surface area contributed by atoms with Gasteiger partial charge in [0.05, 0.1) is 11.9 Å². The summed E-state index contributed by atoms with van der Waals surface area (Å²) in [7, 11) is -3.21. The van der Waals surface area contributed by atoms with E-state index in [4.69, 9.17) is 0 Å². The predicted octanol–water partition coefficient (Wildman–Crippen LogP) is 1.11. The summed E-state index contributed by atoms with van der Waals surface area (Å²) in [6.45, 7) is 0.731. The molecule has 0 bridgehead atoms. The van der Waals surface area contributed by atoms with Gasteiger partial charge in [0.1, 0.15) is 5.69 Å². The first kappa shape index (κ1) is 15.1. The first-order valence-electron chi connectivity index (χ1n) is 6.59. The van der Waals surface area contributed by atoms with E-state index in [0.29, 0.717) is 30.3 Å². The molecule has 1 aliphatic rings. The molecule has 7 nitrogen and oxygen atoms in total. The van der Waals surface area contributed by atoms with Gasteiger partial charge in [-0.2, -0.15) is 4.31 Å². The number of carbonyl (C=O) groups is 1. The van der Waals surface area contributed by atoms with E-state index in [1.165, 1.54) is 21.9 Å². The lowest BCUT2D eigenvalue weighted by Gasteiger charge is -2.23. The summed E-state index contributed by atoms with van der Waals surface area (Å²) >= 11 is 1.30. The number of hydrogen-bond donors (Lipinski definition) is 1. The number of sulfonamides is 1. The lowest BCUT2D eigenvalue weighted by Crippen LogP contribution is -2.34. The molecule has 0 spiro atoms. The highest BCUT2D eigenvalue weighted by atomic mass is 32.2. The average molecular weight is 338 g/mol. The molecule has 0 aliphatic carbocycles. The zero-order chi connectivity index (χ0) is 15.7. The zero-order valence-electron chi connectivity index (χ0n) is 11.8. The van der Waals surface area contributed by atoms with Crippen molar-refractivity contribution in [2.75, 3.05) is 18.1 Å². The van der Waals surface area contributed by atoms with Crippen LogP contribution >= 0.6 is 11.3 Å². The van der Waals surface area contributed by atoms with Gasteiger partial charge in [-0.05, 0) is 12.1 Å². The molecule has 0 saturated carbocycles. The molecule has 0 saturated heterocycles. The molecule has 1 aliphatic heterocycles. The Morgan fingerprint density at radius 3 is 2.91 bits per heavy atom. The Kier molecular flexibility index (Phi) is 3.94. The molecule has 1 amide bonds. The fourth-order valence-electron chi connectivity index (χ4n) is 2.17. The number of fused-ring (bicyclic) bond motifs is 1. The van der Waals surface area contributed by atoms with Gasteiger partial charge in [0, 0.05) is 30.6 Å². The van der Waals surface area contributed by atoms with Crippen LogP contribution in [0.4, 0.5) is 5.13 Å². The van der Waals surface area contributed by atoms with E-state index in [9.17, 15) is 13.2 Å². The third kappa shape index (κ3) is 3.16. The molecule has 1 N–H and O–H groups in total. The molecule has 3 rings (SSSR count). The highest BCUT2D eigenvalue weighted by Crippen LogP contribution is 2.29. The summed E-state index contributed by atoms with van der Waals surface area (Å²) < 4.78 is 24.6. The number of thiazole rings is 1. The average Bonchev–Trinajstić information content (AvgIpc) is 2.88. The number of anilines is 1. The molecule has 22 heavy (non-hydrogen) atoms. The maximum absolute atomic E-state index is 12.0. The summed E-state index contributed by atoms with van der Waals surface area (Å²) in [6.07, 6.45) is 3.30. The molecule has 0 fully saturated rings.